The first-order chi connectivity index (χ1) is 38.1. The van der Waals surface area contributed by atoms with E-state index in [1.165, 1.54) is 65.4 Å². The molecule has 362 valence electrons. The monoisotopic (exact) mass is 983 g/mol. The number of aromatic nitrogens is 4. The summed E-state index contributed by atoms with van der Waals surface area (Å²) in [5.74, 6) is 0. The second-order valence-electron chi connectivity index (χ2n) is 20.0. The fourth-order valence-electron chi connectivity index (χ4n) is 12.2. The van der Waals surface area contributed by atoms with Crippen LogP contribution in [-0.2, 0) is 0 Å². The van der Waals surface area contributed by atoms with Gasteiger partial charge in [0.1, 0.15) is 0 Å². The van der Waals surface area contributed by atoms with Crippen molar-refractivity contribution in [2.75, 3.05) is 0 Å². The fourth-order valence-corrected chi connectivity index (χ4v) is 12.2. The molecule has 5 heteroatoms. The summed E-state index contributed by atoms with van der Waals surface area (Å²) in [5.41, 5.74) is 18.5. The van der Waals surface area contributed by atoms with Crippen molar-refractivity contribution >= 4 is 94.3 Å². The molecule has 0 saturated carbocycles. The molecule has 0 bridgehead atoms. The highest BCUT2D eigenvalue weighted by molar-refractivity contribution is 6.12. The van der Waals surface area contributed by atoms with Gasteiger partial charge in [-0.25, -0.2) is 0 Å². The van der Waals surface area contributed by atoms with Crippen molar-refractivity contribution in [2.24, 2.45) is 4.99 Å². The Morgan fingerprint density at radius 2 is 0.623 bits per heavy atom. The van der Waals surface area contributed by atoms with Gasteiger partial charge in [0.05, 0.1) is 44.3 Å². The zero-order valence-corrected chi connectivity index (χ0v) is 42.3. The van der Waals surface area contributed by atoms with Gasteiger partial charge in [-0.2, -0.15) is 0 Å². The minimum absolute atomic E-state index is 0.853. The number of benzene rings is 11. The minimum Gasteiger partial charge on any atom is -0.310 e. The SMILES string of the molecule is C=c1/c(=C(\N=C(C)c2ccc(-n3c4ccccc4c4ccccc43)cc2)c2ccc(-n3c4ccccc4c4ccccc43)cc2)c2cc(-c3ccc4c(c3)c3ccccc3n4-c3ccccc3)ccc2n1-c1ccccc1. The highest BCUT2D eigenvalue weighted by atomic mass is 15.0. The summed E-state index contributed by atoms with van der Waals surface area (Å²) in [6, 6.07) is 96.3. The van der Waals surface area contributed by atoms with E-state index in [4.69, 9.17) is 11.6 Å². The zero-order chi connectivity index (χ0) is 51.1. The van der Waals surface area contributed by atoms with Crippen LogP contribution in [-0.4, -0.2) is 24.0 Å². The van der Waals surface area contributed by atoms with Gasteiger partial charge in [-0.1, -0.05) is 170 Å². The number of fused-ring (bicyclic) bond motifs is 10. The van der Waals surface area contributed by atoms with Crippen molar-refractivity contribution in [3.8, 4) is 33.9 Å². The van der Waals surface area contributed by atoms with E-state index < -0.39 is 0 Å². The predicted octanol–water partition coefficient (Wildman–Crippen LogP) is 16.7. The van der Waals surface area contributed by atoms with Gasteiger partial charge in [-0.05, 0) is 127 Å². The van der Waals surface area contributed by atoms with Crippen LogP contribution in [0.3, 0.4) is 0 Å². The molecule has 0 N–H and O–H groups in total. The molecule has 4 heterocycles. The molecule has 0 unspecified atom stereocenters. The van der Waals surface area contributed by atoms with Crippen molar-refractivity contribution in [2.45, 2.75) is 6.92 Å². The van der Waals surface area contributed by atoms with Crippen LogP contribution in [0.5, 0.6) is 0 Å². The van der Waals surface area contributed by atoms with Gasteiger partial charge in [0, 0.05) is 82.3 Å². The molecule has 0 fully saturated rings. The van der Waals surface area contributed by atoms with Gasteiger partial charge >= 0.3 is 0 Å². The van der Waals surface area contributed by atoms with E-state index in [0.717, 1.165) is 77.9 Å². The van der Waals surface area contributed by atoms with Crippen LogP contribution in [0.4, 0.5) is 0 Å². The molecule has 0 spiro atoms. The average Bonchev–Trinajstić information content (AvgIpc) is 4.33. The first-order valence-electron chi connectivity index (χ1n) is 26.3. The fraction of sp³-hybridized carbons (Fsp3) is 0.0139. The third-order valence-corrected chi connectivity index (χ3v) is 15.7. The zero-order valence-electron chi connectivity index (χ0n) is 42.3. The van der Waals surface area contributed by atoms with Gasteiger partial charge < -0.3 is 18.3 Å². The molecule has 4 aromatic heterocycles. The maximum atomic E-state index is 5.76. The highest BCUT2D eigenvalue weighted by Gasteiger charge is 2.19. The largest absolute Gasteiger partial charge is 0.310 e. The summed E-state index contributed by atoms with van der Waals surface area (Å²) < 4.78 is 9.40. The van der Waals surface area contributed by atoms with Crippen LogP contribution >= 0.6 is 0 Å². The van der Waals surface area contributed by atoms with Crippen molar-refractivity contribution in [1.82, 2.24) is 18.3 Å². The molecule has 0 amide bonds. The molecule has 5 nitrogen and oxygen atoms in total. The van der Waals surface area contributed by atoms with Crippen molar-refractivity contribution in [3.05, 3.63) is 289 Å². The third-order valence-electron chi connectivity index (χ3n) is 15.7. The van der Waals surface area contributed by atoms with E-state index in [0.29, 0.717) is 0 Å². The van der Waals surface area contributed by atoms with E-state index in [2.05, 4.69) is 292 Å². The third kappa shape index (κ3) is 7.05. The van der Waals surface area contributed by atoms with Gasteiger partial charge in [0.15, 0.2) is 0 Å². The van der Waals surface area contributed by atoms with Crippen LogP contribution < -0.4 is 10.6 Å². The smallest absolute Gasteiger partial charge is 0.0805 e. The van der Waals surface area contributed by atoms with Crippen molar-refractivity contribution < 1.29 is 0 Å². The minimum atomic E-state index is 0.853. The Balaban J connectivity index is 0.955. The quantitative estimate of drug-likeness (QED) is 0.136. The lowest BCUT2D eigenvalue weighted by molar-refractivity contribution is 1.07. The molecule has 15 rings (SSSR count). The first-order valence-corrected chi connectivity index (χ1v) is 26.3. The second kappa shape index (κ2) is 17.7. The molecule has 0 saturated heterocycles. The van der Waals surface area contributed by atoms with Gasteiger partial charge in [0.2, 0.25) is 0 Å². The summed E-state index contributed by atoms with van der Waals surface area (Å²) in [5, 5.41) is 10.3. The van der Waals surface area contributed by atoms with E-state index in [1.807, 2.05) is 0 Å². The Bertz CT molecular complexity index is 4870. The van der Waals surface area contributed by atoms with Crippen LogP contribution in [0.2, 0.25) is 0 Å². The van der Waals surface area contributed by atoms with Gasteiger partial charge in [-0.3, -0.25) is 4.99 Å². The Labute approximate surface area is 444 Å². The molecule has 0 aliphatic carbocycles. The highest BCUT2D eigenvalue weighted by Crippen LogP contribution is 2.37. The molecule has 11 aromatic carbocycles. The number of rotatable bonds is 8. The lowest BCUT2D eigenvalue weighted by Gasteiger charge is -2.12. The van der Waals surface area contributed by atoms with Crippen molar-refractivity contribution in [3.63, 3.8) is 0 Å². The lowest BCUT2D eigenvalue weighted by Crippen LogP contribution is -2.29. The number of nitrogens with zero attached hydrogens (tertiary/aromatic N) is 5. The van der Waals surface area contributed by atoms with Crippen molar-refractivity contribution in [1.29, 1.82) is 0 Å². The Morgan fingerprint density at radius 3 is 1.06 bits per heavy atom. The molecule has 0 aliphatic rings. The van der Waals surface area contributed by atoms with Crippen LogP contribution in [0, 0.1) is 0 Å². The number of hydrogen-bond acceptors (Lipinski definition) is 1. The molecule has 15 aromatic rings. The standard InChI is InChI=1S/C72H49N5/c1-47(49-33-39-55(40-34-49)76-64-28-14-9-23-57(64)58-24-10-15-29-65(58)76)73-72(50-35-41-56(42-36-50)77-66-30-16-11-25-59(66)60-26-12-17-31-67(60)77)71-48(2)74(53-19-5-3-6-20-53)70-44-38-52(46-63(70)71)51-37-43-69-62(45-51)61-27-13-18-32-68(61)75(69)54-21-7-4-8-22-54/h3-46H,2H2,1H3/b72-71+,73-47?. The van der Waals surface area contributed by atoms with Crippen LogP contribution in [0.1, 0.15) is 18.1 Å². The average molecular weight is 984 g/mol. The Morgan fingerprint density at radius 1 is 0.299 bits per heavy atom. The summed E-state index contributed by atoms with van der Waals surface area (Å²) in [7, 11) is 0. The molecule has 0 atom stereocenters. The summed E-state index contributed by atoms with van der Waals surface area (Å²) >= 11 is 0. The second-order valence-corrected chi connectivity index (χ2v) is 20.0. The van der Waals surface area contributed by atoms with Gasteiger partial charge in [0.25, 0.3) is 0 Å². The topological polar surface area (TPSA) is 32.1 Å². The first kappa shape index (κ1) is 44.3. The molecule has 0 aliphatic heterocycles. The van der Waals surface area contributed by atoms with Crippen LogP contribution in [0.15, 0.2) is 272 Å². The van der Waals surface area contributed by atoms with E-state index in [9.17, 15) is 0 Å². The maximum Gasteiger partial charge on any atom is 0.0805 e. The molecule has 77 heavy (non-hydrogen) atoms. The Kier molecular flexibility index (Phi) is 10.2. The van der Waals surface area contributed by atoms with Crippen LogP contribution in [0.25, 0.3) is 122 Å². The number of hydrogen-bond donors (Lipinski definition) is 0. The van der Waals surface area contributed by atoms with E-state index in [-0.39, 0.29) is 0 Å². The van der Waals surface area contributed by atoms with E-state index >= 15 is 0 Å². The predicted molar refractivity (Wildman–Crippen MR) is 324 cm³/mol. The molecular formula is C72H49N5. The summed E-state index contributed by atoms with van der Waals surface area (Å²) in [4.78, 5) is 5.76. The summed E-state index contributed by atoms with van der Waals surface area (Å²) in [6.45, 7) is 7.08. The maximum absolute atomic E-state index is 5.76. The lowest BCUT2D eigenvalue weighted by atomic mass is 10.00. The summed E-state index contributed by atoms with van der Waals surface area (Å²) in [6.07, 6.45) is 0. The van der Waals surface area contributed by atoms with E-state index in [1.54, 1.807) is 0 Å². The molecule has 0 radical (unpaired) electrons. The Hall–Kier alpha value is -10.2. The normalized spacial score (nSPS) is 12.6. The molecular weight excluding hydrogens is 935 g/mol. The van der Waals surface area contributed by atoms with Gasteiger partial charge in [-0.15, -0.1) is 0 Å². The number of aliphatic imine (C=N–C) groups is 1. The number of para-hydroxylation sites is 7.